The highest BCUT2D eigenvalue weighted by Crippen LogP contribution is 2.21. The second-order valence-corrected chi connectivity index (χ2v) is 4.77. The first-order chi connectivity index (χ1) is 7.20. The van der Waals surface area contributed by atoms with Crippen LogP contribution in [0.15, 0.2) is 0 Å². The van der Waals surface area contributed by atoms with Crippen LogP contribution < -0.4 is 5.32 Å². The van der Waals surface area contributed by atoms with Gasteiger partial charge in [0.2, 0.25) is 5.91 Å². The Balaban J connectivity index is 2.10. The maximum Gasteiger partial charge on any atom is 0.249 e. The van der Waals surface area contributed by atoms with E-state index in [-0.39, 0.29) is 18.6 Å². The van der Waals surface area contributed by atoms with Crippen molar-refractivity contribution in [2.24, 2.45) is 5.92 Å². The first-order valence-corrected chi connectivity index (χ1v) is 5.79. The third-order valence-electron chi connectivity index (χ3n) is 3.36. The second-order valence-electron chi connectivity index (χ2n) is 4.77. The zero-order valence-corrected chi connectivity index (χ0v) is 9.53. The van der Waals surface area contributed by atoms with E-state index in [0.717, 1.165) is 19.5 Å². The molecule has 4 nitrogen and oxygen atoms in total. The number of hydrogen-bond donors (Lipinski definition) is 1. The monoisotopic (exact) mass is 212 g/mol. The highest BCUT2D eigenvalue weighted by Gasteiger charge is 2.36. The number of ether oxygens (including phenoxy) is 1. The smallest absolute Gasteiger partial charge is 0.249 e. The Morgan fingerprint density at radius 1 is 1.53 bits per heavy atom. The predicted molar refractivity (Wildman–Crippen MR) is 57.6 cm³/mol. The summed E-state index contributed by atoms with van der Waals surface area (Å²) in [5, 5.41) is 3.31. The molecule has 0 saturated carbocycles. The first kappa shape index (κ1) is 10.9. The molecule has 2 saturated heterocycles. The summed E-state index contributed by atoms with van der Waals surface area (Å²) in [6, 6.07) is 0.643. The summed E-state index contributed by atoms with van der Waals surface area (Å²) in [7, 11) is 0. The lowest BCUT2D eigenvalue weighted by Gasteiger charge is -2.41. The Morgan fingerprint density at radius 3 is 2.93 bits per heavy atom. The summed E-state index contributed by atoms with van der Waals surface area (Å²) in [6.07, 6.45) is 1.08. The molecule has 4 heteroatoms. The molecule has 2 fully saturated rings. The van der Waals surface area contributed by atoms with Crippen molar-refractivity contribution in [3.05, 3.63) is 0 Å². The summed E-state index contributed by atoms with van der Waals surface area (Å²) in [5.74, 6) is 0.628. The maximum absolute atomic E-state index is 11.9. The molecule has 0 spiro atoms. The fourth-order valence-electron chi connectivity index (χ4n) is 2.47. The van der Waals surface area contributed by atoms with Crippen molar-refractivity contribution in [3.8, 4) is 0 Å². The molecular weight excluding hydrogens is 192 g/mol. The third kappa shape index (κ3) is 2.16. The van der Waals surface area contributed by atoms with Crippen LogP contribution in [0.1, 0.15) is 20.3 Å². The van der Waals surface area contributed by atoms with Crippen molar-refractivity contribution < 1.29 is 9.53 Å². The van der Waals surface area contributed by atoms with E-state index in [1.165, 1.54) is 0 Å². The zero-order valence-electron chi connectivity index (χ0n) is 9.53. The number of carbonyl (C=O) groups is 1. The van der Waals surface area contributed by atoms with Crippen molar-refractivity contribution in [2.45, 2.75) is 32.4 Å². The Kier molecular flexibility index (Phi) is 3.26. The van der Waals surface area contributed by atoms with Gasteiger partial charge < -0.3 is 15.0 Å². The minimum Gasteiger partial charge on any atom is -0.369 e. The lowest BCUT2D eigenvalue weighted by atomic mass is 9.99. The van der Waals surface area contributed by atoms with Gasteiger partial charge in [-0.2, -0.15) is 0 Å². The maximum atomic E-state index is 11.9. The molecule has 0 aromatic carbocycles. The summed E-state index contributed by atoms with van der Waals surface area (Å²) in [6.45, 7) is 7.23. The van der Waals surface area contributed by atoms with Gasteiger partial charge in [0.1, 0.15) is 6.61 Å². The topological polar surface area (TPSA) is 41.6 Å². The summed E-state index contributed by atoms with van der Waals surface area (Å²) in [4.78, 5) is 13.9. The van der Waals surface area contributed by atoms with Crippen LogP contribution in [0.25, 0.3) is 0 Å². The van der Waals surface area contributed by atoms with Gasteiger partial charge in [0.05, 0.1) is 12.6 Å². The number of hydrogen-bond acceptors (Lipinski definition) is 3. The second kappa shape index (κ2) is 4.49. The standard InChI is InChI=1S/C11H20N2O2/c1-8(2)10-6-15-7-11(14)13(10)9-3-4-12-5-9/h8-10,12H,3-7H2,1-2H3. The normalized spacial score (nSPS) is 32.7. The Hall–Kier alpha value is -0.610. The Bertz CT molecular complexity index is 237. The van der Waals surface area contributed by atoms with Crippen LogP contribution in [0.3, 0.4) is 0 Å². The molecule has 0 aromatic rings. The average molecular weight is 212 g/mol. The van der Waals surface area contributed by atoms with Gasteiger partial charge >= 0.3 is 0 Å². The van der Waals surface area contributed by atoms with Crippen LogP contribution in [0, 0.1) is 5.92 Å². The number of morpholine rings is 1. The van der Waals surface area contributed by atoms with Crippen LogP contribution in [-0.2, 0) is 9.53 Å². The quantitative estimate of drug-likeness (QED) is 0.712. The van der Waals surface area contributed by atoms with Crippen LogP contribution in [-0.4, -0.2) is 49.2 Å². The minimum atomic E-state index is 0.161. The fraction of sp³-hybridized carbons (Fsp3) is 0.909. The number of rotatable bonds is 2. The van der Waals surface area contributed by atoms with Gasteiger partial charge in [-0.3, -0.25) is 4.79 Å². The van der Waals surface area contributed by atoms with Gasteiger partial charge in [0.25, 0.3) is 0 Å². The van der Waals surface area contributed by atoms with Gasteiger partial charge in [0.15, 0.2) is 0 Å². The number of carbonyl (C=O) groups excluding carboxylic acids is 1. The number of nitrogens with zero attached hydrogens (tertiary/aromatic N) is 1. The van der Waals surface area contributed by atoms with Crippen LogP contribution in [0.5, 0.6) is 0 Å². The van der Waals surface area contributed by atoms with E-state index in [2.05, 4.69) is 24.1 Å². The lowest BCUT2D eigenvalue weighted by Crippen LogP contribution is -2.56. The van der Waals surface area contributed by atoms with Crippen molar-refractivity contribution >= 4 is 5.91 Å². The predicted octanol–water partition coefficient (Wildman–Crippen LogP) is 0.232. The molecule has 86 valence electrons. The largest absolute Gasteiger partial charge is 0.369 e. The molecule has 0 bridgehead atoms. The first-order valence-electron chi connectivity index (χ1n) is 5.79. The SMILES string of the molecule is CC(C)C1COCC(=O)N1C1CCNC1. The van der Waals surface area contributed by atoms with E-state index in [1.54, 1.807) is 0 Å². The number of amides is 1. The molecule has 0 radical (unpaired) electrons. The van der Waals surface area contributed by atoms with E-state index >= 15 is 0 Å². The molecule has 15 heavy (non-hydrogen) atoms. The van der Waals surface area contributed by atoms with E-state index in [4.69, 9.17) is 4.74 Å². The molecule has 1 N–H and O–H groups in total. The van der Waals surface area contributed by atoms with Gasteiger partial charge in [-0.15, -0.1) is 0 Å². The molecule has 0 aromatic heterocycles. The lowest BCUT2D eigenvalue weighted by molar-refractivity contribution is -0.153. The van der Waals surface area contributed by atoms with Crippen LogP contribution in [0.4, 0.5) is 0 Å². The molecule has 0 aliphatic carbocycles. The third-order valence-corrected chi connectivity index (χ3v) is 3.36. The molecular formula is C11H20N2O2. The molecule has 2 aliphatic heterocycles. The van der Waals surface area contributed by atoms with Gasteiger partial charge in [-0.05, 0) is 18.9 Å². The van der Waals surface area contributed by atoms with Crippen LogP contribution in [0.2, 0.25) is 0 Å². The average Bonchev–Trinajstić information content (AvgIpc) is 2.70. The molecule has 2 rings (SSSR count). The fourth-order valence-corrected chi connectivity index (χ4v) is 2.47. The van der Waals surface area contributed by atoms with Crippen molar-refractivity contribution in [1.82, 2.24) is 10.2 Å². The van der Waals surface area contributed by atoms with Crippen molar-refractivity contribution in [2.75, 3.05) is 26.3 Å². The summed E-state index contributed by atoms with van der Waals surface area (Å²) < 4.78 is 5.33. The Morgan fingerprint density at radius 2 is 2.33 bits per heavy atom. The van der Waals surface area contributed by atoms with E-state index in [1.807, 2.05) is 0 Å². The zero-order chi connectivity index (χ0) is 10.8. The van der Waals surface area contributed by atoms with Crippen molar-refractivity contribution in [3.63, 3.8) is 0 Å². The highest BCUT2D eigenvalue weighted by molar-refractivity contribution is 5.79. The van der Waals surface area contributed by atoms with E-state index in [9.17, 15) is 4.79 Å². The van der Waals surface area contributed by atoms with E-state index < -0.39 is 0 Å². The molecule has 2 aliphatic rings. The van der Waals surface area contributed by atoms with Crippen LogP contribution >= 0.6 is 0 Å². The minimum absolute atomic E-state index is 0.161. The number of nitrogens with one attached hydrogen (secondary N) is 1. The van der Waals surface area contributed by atoms with Gasteiger partial charge in [-0.1, -0.05) is 13.8 Å². The van der Waals surface area contributed by atoms with Gasteiger partial charge in [-0.25, -0.2) is 0 Å². The van der Waals surface area contributed by atoms with E-state index in [0.29, 0.717) is 18.6 Å². The van der Waals surface area contributed by atoms with Crippen molar-refractivity contribution in [1.29, 1.82) is 0 Å². The van der Waals surface area contributed by atoms with Gasteiger partial charge in [0, 0.05) is 12.6 Å². The highest BCUT2D eigenvalue weighted by atomic mass is 16.5. The summed E-state index contributed by atoms with van der Waals surface area (Å²) in [5.41, 5.74) is 0. The molecule has 1 amide bonds. The summed E-state index contributed by atoms with van der Waals surface area (Å²) >= 11 is 0. The molecule has 2 unspecified atom stereocenters. The Labute approximate surface area is 91.0 Å². The molecule has 2 heterocycles. The molecule has 2 atom stereocenters.